The molecule has 0 amide bonds. The molecule has 3 heteroatoms. The number of fused-ring (bicyclic) bond motifs is 1. The van der Waals surface area contributed by atoms with Crippen LogP contribution >= 0.6 is 11.3 Å². The molecule has 0 fully saturated rings. The summed E-state index contributed by atoms with van der Waals surface area (Å²) >= 11 is 1.57. The Labute approximate surface area is 86.4 Å². The Morgan fingerprint density at radius 2 is 2.14 bits per heavy atom. The van der Waals surface area contributed by atoms with Crippen molar-refractivity contribution in [1.29, 1.82) is 0 Å². The second-order valence-corrected chi connectivity index (χ2v) is 4.21. The van der Waals surface area contributed by atoms with Gasteiger partial charge in [0.05, 0.1) is 0 Å². The van der Waals surface area contributed by atoms with Gasteiger partial charge < -0.3 is 5.73 Å². The van der Waals surface area contributed by atoms with Crippen molar-refractivity contribution in [2.24, 2.45) is 5.73 Å². The first-order valence-corrected chi connectivity index (χ1v) is 5.55. The molecule has 2 aromatic rings. The van der Waals surface area contributed by atoms with Crippen LogP contribution in [0, 0.1) is 5.82 Å². The number of benzene rings is 1. The van der Waals surface area contributed by atoms with Gasteiger partial charge in [0.25, 0.3) is 0 Å². The van der Waals surface area contributed by atoms with Gasteiger partial charge in [0.15, 0.2) is 0 Å². The second-order valence-electron chi connectivity index (χ2n) is 3.26. The number of aryl methyl sites for hydroxylation is 1. The third-order valence-corrected chi connectivity index (χ3v) is 3.18. The van der Waals surface area contributed by atoms with Gasteiger partial charge in [-0.3, -0.25) is 0 Å². The molecule has 74 valence electrons. The van der Waals surface area contributed by atoms with Crippen LogP contribution in [0.25, 0.3) is 10.1 Å². The van der Waals surface area contributed by atoms with Crippen molar-refractivity contribution < 1.29 is 4.39 Å². The lowest BCUT2D eigenvalue weighted by Crippen LogP contribution is -2.01. The van der Waals surface area contributed by atoms with E-state index in [0.717, 1.165) is 28.5 Å². The molecule has 14 heavy (non-hydrogen) atoms. The van der Waals surface area contributed by atoms with Crippen LogP contribution in [0.5, 0.6) is 0 Å². The summed E-state index contributed by atoms with van der Waals surface area (Å²) in [5.74, 6) is -0.0720. The molecule has 1 heterocycles. The number of hydrogen-bond donors (Lipinski definition) is 1. The average Bonchev–Trinajstić information content (AvgIpc) is 2.66. The Morgan fingerprint density at radius 1 is 1.29 bits per heavy atom. The number of thiophene rings is 1. The summed E-state index contributed by atoms with van der Waals surface area (Å²) in [7, 11) is 0. The lowest BCUT2D eigenvalue weighted by molar-refractivity contribution is 0.617. The minimum absolute atomic E-state index is 0.0720. The predicted molar refractivity (Wildman–Crippen MR) is 59.2 cm³/mol. The van der Waals surface area contributed by atoms with Crippen molar-refractivity contribution in [1.82, 2.24) is 0 Å². The Hall–Kier alpha value is -0.930. The zero-order chi connectivity index (χ0) is 9.97. The molecule has 2 N–H and O–H groups in total. The summed E-state index contributed by atoms with van der Waals surface area (Å²) in [5, 5.41) is 2.66. The van der Waals surface area contributed by atoms with Crippen molar-refractivity contribution in [3.05, 3.63) is 35.0 Å². The second kappa shape index (κ2) is 4.07. The van der Waals surface area contributed by atoms with Gasteiger partial charge in [0, 0.05) is 10.1 Å². The monoisotopic (exact) mass is 209 g/mol. The molecule has 0 unspecified atom stereocenters. The summed E-state index contributed by atoms with van der Waals surface area (Å²) < 4.78 is 14.8. The van der Waals surface area contributed by atoms with Gasteiger partial charge in [-0.2, -0.15) is 0 Å². The van der Waals surface area contributed by atoms with Crippen LogP contribution in [-0.4, -0.2) is 6.54 Å². The third-order valence-electron chi connectivity index (χ3n) is 2.30. The van der Waals surface area contributed by atoms with E-state index in [9.17, 15) is 4.39 Å². The molecular formula is C11H12FNS. The Kier molecular flexibility index (Phi) is 2.79. The van der Waals surface area contributed by atoms with Gasteiger partial charge in [-0.1, -0.05) is 6.07 Å². The van der Waals surface area contributed by atoms with Crippen LogP contribution in [0.15, 0.2) is 23.6 Å². The fourth-order valence-corrected chi connectivity index (χ4v) is 2.32. The molecule has 0 atom stereocenters. The third kappa shape index (κ3) is 1.65. The summed E-state index contributed by atoms with van der Waals surface area (Å²) in [6, 6.07) is 5.68. The van der Waals surface area contributed by atoms with Gasteiger partial charge in [-0.25, -0.2) is 4.39 Å². The van der Waals surface area contributed by atoms with Crippen LogP contribution in [0.4, 0.5) is 4.39 Å². The normalized spacial score (nSPS) is 11.0. The van der Waals surface area contributed by atoms with E-state index in [1.54, 1.807) is 11.3 Å². The first-order valence-electron chi connectivity index (χ1n) is 4.67. The van der Waals surface area contributed by atoms with E-state index in [2.05, 4.69) is 0 Å². The molecule has 0 radical (unpaired) electrons. The maximum atomic E-state index is 13.8. The van der Waals surface area contributed by atoms with Crippen molar-refractivity contribution in [3.8, 4) is 0 Å². The van der Waals surface area contributed by atoms with E-state index in [0.29, 0.717) is 6.54 Å². The largest absolute Gasteiger partial charge is 0.330 e. The van der Waals surface area contributed by atoms with Crippen LogP contribution in [-0.2, 0) is 6.42 Å². The first kappa shape index (κ1) is 9.62. The highest BCUT2D eigenvalue weighted by molar-refractivity contribution is 7.17. The van der Waals surface area contributed by atoms with E-state index < -0.39 is 0 Å². The van der Waals surface area contributed by atoms with Crippen LogP contribution < -0.4 is 5.73 Å². The van der Waals surface area contributed by atoms with Crippen molar-refractivity contribution in [3.63, 3.8) is 0 Å². The first-order chi connectivity index (χ1) is 6.83. The van der Waals surface area contributed by atoms with E-state index in [4.69, 9.17) is 5.73 Å². The minimum atomic E-state index is -0.0720. The fraction of sp³-hybridized carbons (Fsp3) is 0.273. The molecule has 0 spiro atoms. The van der Waals surface area contributed by atoms with Gasteiger partial charge >= 0.3 is 0 Å². The molecule has 1 aromatic carbocycles. The lowest BCUT2D eigenvalue weighted by Gasteiger charge is -2.02. The molecule has 0 aliphatic rings. The molecule has 0 saturated carbocycles. The molecule has 0 bridgehead atoms. The Balaban J connectivity index is 2.40. The van der Waals surface area contributed by atoms with E-state index in [-0.39, 0.29) is 5.82 Å². The van der Waals surface area contributed by atoms with Crippen molar-refractivity contribution >= 4 is 21.4 Å². The molecule has 1 nitrogen and oxygen atoms in total. The summed E-state index contributed by atoms with van der Waals surface area (Å²) in [6.07, 6.45) is 1.57. The number of halogens is 1. The molecular weight excluding hydrogens is 197 g/mol. The fourth-order valence-electron chi connectivity index (χ4n) is 1.54. The SMILES string of the molecule is NCCCc1ccc2sccc2c1F. The van der Waals surface area contributed by atoms with Gasteiger partial charge in [-0.05, 0) is 42.5 Å². The highest BCUT2D eigenvalue weighted by atomic mass is 32.1. The number of hydrogen-bond acceptors (Lipinski definition) is 2. The lowest BCUT2D eigenvalue weighted by atomic mass is 10.1. The van der Waals surface area contributed by atoms with E-state index >= 15 is 0 Å². The van der Waals surface area contributed by atoms with Gasteiger partial charge in [0.1, 0.15) is 5.82 Å². The maximum Gasteiger partial charge on any atom is 0.135 e. The molecule has 2 rings (SSSR count). The number of nitrogens with two attached hydrogens (primary N) is 1. The standard InChI is InChI=1S/C11H12FNS/c12-11-8(2-1-6-13)3-4-10-9(11)5-7-14-10/h3-5,7H,1-2,6,13H2. The van der Waals surface area contributed by atoms with Crippen LogP contribution in [0.1, 0.15) is 12.0 Å². The zero-order valence-electron chi connectivity index (χ0n) is 7.79. The molecule has 1 aromatic heterocycles. The molecule has 0 saturated heterocycles. The van der Waals surface area contributed by atoms with Crippen LogP contribution in [0.3, 0.4) is 0 Å². The van der Waals surface area contributed by atoms with Crippen molar-refractivity contribution in [2.45, 2.75) is 12.8 Å². The highest BCUT2D eigenvalue weighted by Crippen LogP contribution is 2.26. The topological polar surface area (TPSA) is 26.0 Å². The molecule has 0 aliphatic heterocycles. The van der Waals surface area contributed by atoms with Crippen molar-refractivity contribution in [2.75, 3.05) is 6.54 Å². The molecule has 0 aliphatic carbocycles. The van der Waals surface area contributed by atoms with E-state index in [1.807, 2.05) is 23.6 Å². The zero-order valence-corrected chi connectivity index (χ0v) is 8.61. The van der Waals surface area contributed by atoms with E-state index in [1.165, 1.54) is 0 Å². The average molecular weight is 209 g/mol. The highest BCUT2D eigenvalue weighted by Gasteiger charge is 2.07. The minimum Gasteiger partial charge on any atom is -0.330 e. The van der Waals surface area contributed by atoms with Crippen LogP contribution in [0.2, 0.25) is 0 Å². The Morgan fingerprint density at radius 3 is 2.93 bits per heavy atom. The summed E-state index contributed by atoms with van der Waals surface area (Å²) in [4.78, 5) is 0. The Bertz CT molecular complexity index is 436. The van der Waals surface area contributed by atoms with Gasteiger partial charge in [0.2, 0.25) is 0 Å². The smallest absolute Gasteiger partial charge is 0.135 e. The quantitative estimate of drug-likeness (QED) is 0.826. The predicted octanol–water partition coefficient (Wildman–Crippen LogP) is 2.93. The maximum absolute atomic E-state index is 13.8. The summed E-state index contributed by atoms with van der Waals surface area (Å²) in [6.45, 7) is 0.612. The summed E-state index contributed by atoms with van der Waals surface area (Å²) in [5.41, 5.74) is 6.18. The van der Waals surface area contributed by atoms with Gasteiger partial charge in [-0.15, -0.1) is 11.3 Å². The number of rotatable bonds is 3.